The van der Waals surface area contributed by atoms with Crippen molar-refractivity contribution in [2.24, 2.45) is 0 Å². The lowest BCUT2D eigenvalue weighted by atomic mass is 10.2. The molecule has 0 aliphatic carbocycles. The molecule has 0 aliphatic rings. The normalized spacial score (nSPS) is 10.0. The van der Waals surface area contributed by atoms with Gasteiger partial charge in [0.1, 0.15) is 0 Å². The SMILES string of the molecule is O=C(CCO)OCCCCCCO. The minimum atomic E-state index is -0.343. The van der Waals surface area contributed by atoms with E-state index in [-0.39, 0.29) is 25.6 Å². The third kappa shape index (κ3) is 9.30. The van der Waals surface area contributed by atoms with Crippen molar-refractivity contribution in [3.63, 3.8) is 0 Å². The van der Waals surface area contributed by atoms with Gasteiger partial charge in [0.2, 0.25) is 0 Å². The van der Waals surface area contributed by atoms with Gasteiger partial charge in [-0.05, 0) is 19.3 Å². The molecular weight excluding hydrogens is 172 g/mol. The van der Waals surface area contributed by atoms with Gasteiger partial charge < -0.3 is 14.9 Å². The Morgan fingerprint density at radius 3 is 2.31 bits per heavy atom. The number of aliphatic hydroxyl groups is 2. The Balaban J connectivity index is 3.02. The van der Waals surface area contributed by atoms with E-state index in [1.165, 1.54) is 0 Å². The number of ether oxygens (including phenoxy) is 1. The molecule has 78 valence electrons. The summed E-state index contributed by atoms with van der Waals surface area (Å²) in [6, 6.07) is 0. The molecule has 0 fully saturated rings. The summed E-state index contributed by atoms with van der Waals surface area (Å²) in [5.41, 5.74) is 0. The highest BCUT2D eigenvalue weighted by Gasteiger charge is 1.99. The Labute approximate surface area is 78.5 Å². The van der Waals surface area contributed by atoms with Crippen LogP contribution in [0.25, 0.3) is 0 Å². The van der Waals surface area contributed by atoms with Crippen molar-refractivity contribution in [3.05, 3.63) is 0 Å². The maximum atomic E-state index is 10.7. The molecule has 4 heteroatoms. The number of esters is 1. The molecule has 0 aliphatic heterocycles. The van der Waals surface area contributed by atoms with Crippen LogP contribution in [0.15, 0.2) is 0 Å². The Morgan fingerprint density at radius 2 is 1.69 bits per heavy atom. The molecule has 0 aromatic rings. The molecule has 0 atom stereocenters. The van der Waals surface area contributed by atoms with E-state index in [4.69, 9.17) is 14.9 Å². The zero-order valence-corrected chi connectivity index (χ0v) is 7.87. The van der Waals surface area contributed by atoms with Crippen LogP contribution in [0, 0.1) is 0 Å². The van der Waals surface area contributed by atoms with Crippen LogP contribution in [0.2, 0.25) is 0 Å². The largest absolute Gasteiger partial charge is 0.466 e. The molecule has 0 aromatic carbocycles. The molecule has 4 nitrogen and oxygen atoms in total. The van der Waals surface area contributed by atoms with Gasteiger partial charge in [-0.25, -0.2) is 0 Å². The first-order valence-electron chi connectivity index (χ1n) is 4.68. The van der Waals surface area contributed by atoms with E-state index in [1.807, 2.05) is 0 Å². The van der Waals surface area contributed by atoms with Crippen LogP contribution in [0.4, 0.5) is 0 Å². The second-order valence-corrected chi connectivity index (χ2v) is 2.83. The minimum absolute atomic E-state index is 0.0800. The second kappa shape index (κ2) is 9.48. The maximum Gasteiger partial charge on any atom is 0.308 e. The van der Waals surface area contributed by atoms with Crippen LogP contribution in [0.5, 0.6) is 0 Å². The van der Waals surface area contributed by atoms with Crippen molar-refractivity contribution in [1.29, 1.82) is 0 Å². The predicted molar refractivity (Wildman–Crippen MR) is 48.2 cm³/mol. The molecule has 0 bridgehead atoms. The number of aliphatic hydroxyl groups excluding tert-OH is 2. The zero-order valence-electron chi connectivity index (χ0n) is 7.87. The van der Waals surface area contributed by atoms with E-state index in [0.29, 0.717) is 6.61 Å². The predicted octanol–water partition coefficient (Wildman–Crippen LogP) is 0.465. The molecular formula is C9H18O4. The molecule has 0 heterocycles. The summed E-state index contributed by atoms with van der Waals surface area (Å²) in [7, 11) is 0. The van der Waals surface area contributed by atoms with Crippen molar-refractivity contribution >= 4 is 5.97 Å². The molecule has 0 amide bonds. The Hall–Kier alpha value is -0.610. The van der Waals surface area contributed by atoms with E-state index >= 15 is 0 Å². The van der Waals surface area contributed by atoms with Crippen LogP contribution in [-0.2, 0) is 9.53 Å². The first kappa shape index (κ1) is 12.4. The van der Waals surface area contributed by atoms with Gasteiger partial charge in [-0.1, -0.05) is 6.42 Å². The fraction of sp³-hybridized carbons (Fsp3) is 0.889. The quantitative estimate of drug-likeness (QED) is 0.431. The van der Waals surface area contributed by atoms with Crippen molar-refractivity contribution in [3.8, 4) is 0 Å². The van der Waals surface area contributed by atoms with Crippen LogP contribution in [-0.4, -0.2) is 36.0 Å². The number of unbranched alkanes of at least 4 members (excludes halogenated alkanes) is 3. The van der Waals surface area contributed by atoms with Gasteiger partial charge in [0.05, 0.1) is 19.6 Å². The summed E-state index contributed by atoms with van der Waals surface area (Å²) in [5, 5.41) is 16.8. The summed E-state index contributed by atoms with van der Waals surface area (Å²) in [6.07, 6.45) is 3.65. The molecule has 0 aromatic heterocycles. The van der Waals surface area contributed by atoms with Crippen LogP contribution in [0.3, 0.4) is 0 Å². The second-order valence-electron chi connectivity index (χ2n) is 2.83. The number of carbonyl (C=O) groups excluding carboxylic acids is 1. The van der Waals surface area contributed by atoms with Crippen LogP contribution in [0.1, 0.15) is 32.1 Å². The Morgan fingerprint density at radius 1 is 1.00 bits per heavy atom. The van der Waals surface area contributed by atoms with E-state index in [0.717, 1.165) is 25.7 Å². The summed E-state index contributed by atoms with van der Waals surface area (Å²) in [5.74, 6) is -0.343. The number of hydrogen-bond donors (Lipinski definition) is 2. The van der Waals surface area contributed by atoms with E-state index < -0.39 is 0 Å². The van der Waals surface area contributed by atoms with E-state index in [2.05, 4.69) is 0 Å². The fourth-order valence-electron chi connectivity index (χ4n) is 0.917. The standard InChI is InChI=1S/C9H18O4/c10-6-3-1-2-4-8-13-9(12)5-7-11/h10-11H,1-8H2. The van der Waals surface area contributed by atoms with E-state index in [9.17, 15) is 4.79 Å². The Bertz CT molecular complexity index is 125. The molecule has 0 unspecified atom stereocenters. The minimum Gasteiger partial charge on any atom is -0.466 e. The maximum absolute atomic E-state index is 10.7. The highest BCUT2D eigenvalue weighted by molar-refractivity contribution is 5.69. The highest BCUT2D eigenvalue weighted by Crippen LogP contribution is 1.99. The van der Waals surface area contributed by atoms with Gasteiger partial charge in [0.15, 0.2) is 0 Å². The molecule has 0 radical (unpaired) electrons. The zero-order chi connectivity index (χ0) is 9.94. The monoisotopic (exact) mass is 190 g/mol. The van der Waals surface area contributed by atoms with Crippen molar-refractivity contribution in [2.45, 2.75) is 32.1 Å². The summed E-state index contributed by atoms with van der Waals surface area (Å²) in [6.45, 7) is 0.498. The molecule has 0 rings (SSSR count). The third-order valence-electron chi connectivity index (χ3n) is 1.63. The van der Waals surface area contributed by atoms with E-state index in [1.54, 1.807) is 0 Å². The third-order valence-corrected chi connectivity index (χ3v) is 1.63. The number of rotatable bonds is 8. The van der Waals surface area contributed by atoms with Gasteiger partial charge in [0, 0.05) is 6.61 Å². The van der Waals surface area contributed by atoms with Gasteiger partial charge >= 0.3 is 5.97 Å². The van der Waals surface area contributed by atoms with Gasteiger partial charge in [0.25, 0.3) is 0 Å². The lowest BCUT2D eigenvalue weighted by molar-refractivity contribution is -0.144. The molecule has 0 spiro atoms. The van der Waals surface area contributed by atoms with Crippen molar-refractivity contribution in [2.75, 3.05) is 19.8 Å². The molecule has 2 N–H and O–H groups in total. The smallest absolute Gasteiger partial charge is 0.308 e. The lowest BCUT2D eigenvalue weighted by Gasteiger charge is -2.02. The van der Waals surface area contributed by atoms with Gasteiger partial charge in [-0.3, -0.25) is 4.79 Å². The van der Waals surface area contributed by atoms with Crippen LogP contribution < -0.4 is 0 Å². The van der Waals surface area contributed by atoms with Crippen molar-refractivity contribution < 1.29 is 19.7 Å². The highest BCUT2D eigenvalue weighted by atomic mass is 16.5. The topological polar surface area (TPSA) is 66.8 Å². The molecule has 13 heavy (non-hydrogen) atoms. The Kier molecular flexibility index (Phi) is 9.03. The molecule has 0 saturated carbocycles. The summed E-state index contributed by atoms with van der Waals surface area (Å²) in [4.78, 5) is 10.7. The van der Waals surface area contributed by atoms with Crippen LogP contribution >= 0.6 is 0 Å². The van der Waals surface area contributed by atoms with Crippen molar-refractivity contribution in [1.82, 2.24) is 0 Å². The first-order chi connectivity index (χ1) is 6.31. The fourth-order valence-corrected chi connectivity index (χ4v) is 0.917. The average molecular weight is 190 g/mol. The van der Waals surface area contributed by atoms with Gasteiger partial charge in [-0.2, -0.15) is 0 Å². The summed E-state index contributed by atoms with van der Waals surface area (Å²) < 4.78 is 4.80. The first-order valence-corrected chi connectivity index (χ1v) is 4.68. The van der Waals surface area contributed by atoms with Gasteiger partial charge in [-0.15, -0.1) is 0 Å². The molecule has 0 saturated heterocycles. The number of carbonyl (C=O) groups is 1. The lowest BCUT2D eigenvalue weighted by Crippen LogP contribution is -2.07. The average Bonchev–Trinajstić information content (AvgIpc) is 2.11. The number of hydrogen-bond acceptors (Lipinski definition) is 4. The summed E-state index contributed by atoms with van der Waals surface area (Å²) >= 11 is 0.